The Balaban J connectivity index is 2.14. The summed E-state index contributed by atoms with van der Waals surface area (Å²) in [7, 11) is 0. The zero-order valence-electron chi connectivity index (χ0n) is 11.2. The van der Waals surface area contributed by atoms with E-state index in [1.54, 1.807) is 18.5 Å². The fourth-order valence-corrected chi connectivity index (χ4v) is 2.66. The lowest BCUT2D eigenvalue weighted by Gasteiger charge is -2.32. The van der Waals surface area contributed by atoms with Gasteiger partial charge in [0.05, 0.1) is 11.3 Å². The molecule has 0 aliphatic carbocycles. The van der Waals surface area contributed by atoms with Crippen molar-refractivity contribution in [3.05, 3.63) is 41.7 Å². The van der Waals surface area contributed by atoms with Gasteiger partial charge in [-0.1, -0.05) is 11.6 Å². The van der Waals surface area contributed by atoms with E-state index in [9.17, 15) is 0 Å². The van der Waals surface area contributed by atoms with Gasteiger partial charge in [0.25, 0.3) is 0 Å². The molecule has 2 heterocycles. The first-order valence-electron chi connectivity index (χ1n) is 6.50. The Kier molecular flexibility index (Phi) is 3.09. The first kappa shape index (κ1) is 12.6. The van der Waals surface area contributed by atoms with Crippen LogP contribution in [0.5, 0.6) is 0 Å². The molecule has 0 spiro atoms. The van der Waals surface area contributed by atoms with E-state index >= 15 is 0 Å². The summed E-state index contributed by atoms with van der Waals surface area (Å²) in [6.07, 6.45) is 5.35. The Bertz CT molecular complexity index is 729. The van der Waals surface area contributed by atoms with Crippen molar-refractivity contribution >= 4 is 16.7 Å². The third kappa shape index (κ3) is 2.10. The maximum absolute atomic E-state index is 9.16. The summed E-state index contributed by atoms with van der Waals surface area (Å²) in [5.74, 6) is 0. The van der Waals surface area contributed by atoms with Crippen molar-refractivity contribution in [2.45, 2.75) is 13.0 Å². The van der Waals surface area contributed by atoms with Crippen LogP contribution in [0.3, 0.4) is 0 Å². The van der Waals surface area contributed by atoms with Crippen LogP contribution in [0.2, 0.25) is 0 Å². The van der Waals surface area contributed by atoms with Crippen LogP contribution in [-0.2, 0) is 0 Å². The van der Waals surface area contributed by atoms with Crippen LogP contribution in [0, 0.1) is 11.3 Å². The predicted octanol–water partition coefficient (Wildman–Crippen LogP) is 1.60. The first-order valence-corrected chi connectivity index (χ1v) is 6.50. The van der Waals surface area contributed by atoms with Gasteiger partial charge in [0.1, 0.15) is 17.1 Å². The lowest BCUT2D eigenvalue weighted by molar-refractivity contribution is 0.705. The first-order chi connectivity index (χ1) is 9.69. The quantitative estimate of drug-likeness (QED) is 0.792. The highest BCUT2D eigenvalue weighted by Gasteiger charge is 2.19. The van der Waals surface area contributed by atoms with Crippen molar-refractivity contribution in [1.29, 1.82) is 5.26 Å². The minimum Gasteiger partial charge on any atom is -0.364 e. The highest BCUT2D eigenvalue weighted by Crippen LogP contribution is 2.28. The number of nitriles is 1. The maximum Gasteiger partial charge on any atom is 0.113 e. The van der Waals surface area contributed by atoms with E-state index in [1.807, 2.05) is 6.07 Å². The van der Waals surface area contributed by atoms with Crippen molar-refractivity contribution in [3.63, 3.8) is 0 Å². The molecule has 0 amide bonds. The van der Waals surface area contributed by atoms with E-state index in [-0.39, 0.29) is 6.04 Å². The monoisotopic (exact) mass is 265 g/mol. The molecule has 100 valence electrons. The Morgan fingerprint density at radius 3 is 2.75 bits per heavy atom. The molecule has 1 aromatic carbocycles. The summed E-state index contributed by atoms with van der Waals surface area (Å²) in [4.78, 5) is 10.9. The van der Waals surface area contributed by atoms with Crippen LogP contribution in [0.1, 0.15) is 12.5 Å². The molecule has 0 fully saturated rings. The van der Waals surface area contributed by atoms with E-state index in [4.69, 9.17) is 11.0 Å². The number of anilines is 1. The van der Waals surface area contributed by atoms with E-state index in [1.165, 1.54) is 5.57 Å². The SMILES string of the molecule is CC1=C[C@@H](N)CN(c2ccc(C#N)c3nccnc23)C1. The van der Waals surface area contributed by atoms with Gasteiger partial charge in [-0.05, 0) is 19.1 Å². The second-order valence-electron chi connectivity index (χ2n) is 5.06. The van der Waals surface area contributed by atoms with Gasteiger partial charge < -0.3 is 10.6 Å². The largest absolute Gasteiger partial charge is 0.364 e. The summed E-state index contributed by atoms with van der Waals surface area (Å²) in [6, 6.07) is 5.91. The Morgan fingerprint density at radius 2 is 2.05 bits per heavy atom. The molecular formula is C15H15N5. The Labute approximate surface area is 117 Å². The second kappa shape index (κ2) is 4.91. The molecule has 3 rings (SSSR count). The number of nitrogens with zero attached hydrogens (tertiary/aromatic N) is 4. The Hall–Kier alpha value is -2.45. The summed E-state index contributed by atoms with van der Waals surface area (Å²) in [5, 5.41) is 9.16. The van der Waals surface area contributed by atoms with Crippen molar-refractivity contribution in [2.24, 2.45) is 5.73 Å². The van der Waals surface area contributed by atoms with Gasteiger partial charge in [-0.15, -0.1) is 0 Å². The van der Waals surface area contributed by atoms with Gasteiger partial charge in [0, 0.05) is 31.5 Å². The second-order valence-corrected chi connectivity index (χ2v) is 5.06. The number of aromatic nitrogens is 2. The van der Waals surface area contributed by atoms with Crippen LogP contribution in [0.4, 0.5) is 5.69 Å². The minimum atomic E-state index is 0.0196. The van der Waals surface area contributed by atoms with E-state index in [2.05, 4.69) is 33.9 Å². The lowest BCUT2D eigenvalue weighted by Crippen LogP contribution is -2.41. The molecule has 0 bridgehead atoms. The molecule has 5 heteroatoms. The summed E-state index contributed by atoms with van der Waals surface area (Å²) in [5.41, 5.74) is 10.2. The minimum absolute atomic E-state index is 0.0196. The molecule has 0 radical (unpaired) electrons. The average molecular weight is 265 g/mol. The molecule has 5 nitrogen and oxygen atoms in total. The van der Waals surface area contributed by atoms with Crippen molar-refractivity contribution < 1.29 is 0 Å². The highest BCUT2D eigenvalue weighted by molar-refractivity contribution is 5.92. The van der Waals surface area contributed by atoms with Crippen molar-refractivity contribution in [2.75, 3.05) is 18.0 Å². The van der Waals surface area contributed by atoms with Gasteiger partial charge in [0.2, 0.25) is 0 Å². The number of benzene rings is 1. The number of rotatable bonds is 1. The fraction of sp³-hybridized carbons (Fsp3) is 0.267. The molecule has 2 N–H and O–H groups in total. The summed E-state index contributed by atoms with van der Waals surface area (Å²) < 4.78 is 0. The third-order valence-corrected chi connectivity index (χ3v) is 3.44. The standard InChI is InChI=1S/C15H15N5/c1-10-6-12(17)9-20(8-10)13-3-2-11(7-16)14-15(13)19-5-4-18-14/h2-6,12H,8-9,17H2,1H3/t12-/m1/s1. The average Bonchev–Trinajstić information content (AvgIpc) is 2.45. The summed E-state index contributed by atoms with van der Waals surface area (Å²) in [6.45, 7) is 3.64. The maximum atomic E-state index is 9.16. The molecule has 0 saturated carbocycles. The number of hydrogen-bond acceptors (Lipinski definition) is 5. The molecule has 0 saturated heterocycles. The van der Waals surface area contributed by atoms with Gasteiger partial charge >= 0.3 is 0 Å². The van der Waals surface area contributed by atoms with Crippen LogP contribution in [0.25, 0.3) is 11.0 Å². The van der Waals surface area contributed by atoms with E-state index in [0.717, 1.165) is 24.3 Å². The number of fused-ring (bicyclic) bond motifs is 1. The zero-order chi connectivity index (χ0) is 14.1. The van der Waals surface area contributed by atoms with Crippen LogP contribution >= 0.6 is 0 Å². The molecule has 1 aromatic heterocycles. The smallest absolute Gasteiger partial charge is 0.113 e. The van der Waals surface area contributed by atoms with Crippen LogP contribution in [0.15, 0.2) is 36.2 Å². The molecule has 1 aliphatic rings. The zero-order valence-corrected chi connectivity index (χ0v) is 11.2. The lowest BCUT2D eigenvalue weighted by atomic mass is 10.1. The van der Waals surface area contributed by atoms with Crippen LogP contribution < -0.4 is 10.6 Å². The highest BCUT2D eigenvalue weighted by atomic mass is 15.2. The van der Waals surface area contributed by atoms with E-state index < -0.39 is 0 Å². The molecular weight excluding hydrogens is 250 g/mol. The number of hydrogen-bond donors (Lipinski definition) is 1. The third-order valence-electron chi connectivity index (χ3n) is 3.44. The van der Waals surface area contributed by atoms with Crippen LogP contribution in [-0.4, -0.2) is 29.1 Å². The van der Waals surface area contributed by atoms with Crippen molar-refractivity contribution in [1.82, 2.24) is 9.97 Å². The van der Waals surface area contributed by atoms with Gasteiger partial charge in [-0.3, -0.25) is 9.97 Å². The topological polar surface area (TPSA) is 78.8 Å². The molecule has 2 aromatic rings. The molecule has 1 atom stereocenters. The predicted molar refractivity (Wildman–Crippen MR) is 78.2 cm³/mol. The number of nitrogens with two attached hydrogens (primary N) is 1. The molecule has 20 heavy (non-hydrogen) atoms. The molecule has 0 unspecified atom stereocenters. The normalized spacial score (nSPS) is 18.8. The van der Waals surface area contributed by atoms with Gasteiger partial charge in [-0.2, -0.15) is 5.26 Å². The Morgan fingerprint density at radius 1 is 1.30 bits per heavy atom. The van der Waals surface area contributed by atoms with Crippen molar-refractivity contribution in [3.8, 4) is 6.07 Å². The van der Waals surface area contributed by atoms with E-state index in [0.29, 0.717) is 11.1 Å². The van der Waals surface area contributed by atoms with Gasteiger partial charge in [0.15, 0.2) is 0 Å². The molecule has 1 aliphatic heterocycles. The fourth-order valence-electron chi connectivity index (χ4n) is 2.66. The summed E-state index contributed by atoms with van der Waals surface area (Å²) >= 11 is 0. The van der Waals surface area contributed by atoms with Gasteiger partial charge in [-0.25, -0.2) is 0 Å².